The number of benzene rings is 3. The average molecular weight is 482 g/mol. The second-order valence-electron chi connectivity index (χ2n) is 6.90. The van der Waals surface area contributed by atoms with Crippen LogP contribution in [0.5, 0.6) is 5.75 Å². The third-order valence-electron chi connectivity index (χ3n) is 5.11. The molecule has 1 fully saturated rings. The summed E-state index contributed by atoms with van der Waals surface area (Å²) in [5.41, 5.74) is 0.660. The SMILES string of the molecule is COc1ccc(N2C(=O)C(=O)/C(=C(\O)c3ccc(Br)cc3)C2c2ccccc2F)cc1. The summed E-state index contributed by atoms with van der Waals surface area (Å²) in [4.78, 5) is 27.2. The Morgan fingerprint density at radius 1 is 1.00 bits per heavy atom. The minimum absolute atomic E-state index is 0.108. The van der Waals surface area contributed by atoms with Crippen LogP contribution in [0.4, 0.5) is 10.1 Å². The average Bonchev–Trinajstić information content (AvgIpc) is 3.04. The Bertz CT molecular complexity index is 1190. The number of ketones is 1. The molecule has 156 valence electrons. The number of rotatable bonds is 4. The van der Waals surface area contributed by atoms with Crippen LogP contribution in [-0.4, -0.2) is 23.9 Å². The lowest BCUT2D eigenvalue weighted by Gasteiger charge is -2.25. The van der Waals surface area contributed by atoms with Gasteiger partial charge in [-0.2, -0.15) is 0 Å². The summed E-state index contributed by atoms with van der Waals surface area (Å²) in [6.45, 7) is 0. The predicted octanol–water partition coefficient (Wildman–Crippen LogP) is 5.22. The van der Waals surface area contributed by atoms with Gasteiger partial charge in [0.2, 0.25) is 0 Å². The molecule has 1 heterocycles. The van der Waals surface area contributed by atoms with Crippen LogP contribution in [0.25, 0.3) is 5.76 Å². The molecule has 31 heavy (non-hydrogen) atoms. The van der Waals surface area contributed by atoms with Crippen molar-refractivity contribution >= 4 is 39.1 Å². The quantitative estimate of drug-likeness (QED) is 0.315. The highest BCUT2D eigenvalue weighted by Gasteiger charge is 2.47. The monoisotopic (exact) mass is 481 g/mol. The van der Waals surface area contributed by atoms with Gasteiger partial charge >= 0.3 is 0 Å². The standard InChI is InChI=1S/C24H17BrFNO4/c1-31-17-12-10-16(11-13-17)27-21(18-4-2-3-5-19(18)26)20(23(29)24(27)30)22(28)14-6-8-15(25)9-7-14/h2-13,21,28H,1H3/b22-20-. The van der Waals surface area contributed by atoms with E-state index < -0.39 is 23.5 Å². The van der Waals surface area contributed by atoms with Gasteiger partial charge in [0.25, 0.3) is 11.7 Å². The zero-order valence-corrected chi connectivity index (χ0v) is 18.0. The van der Waals surface area contributed by atoms with Crippen molar-refractivity contribution in [3.63, 3.8) is 0 Å². The zero-order chi connectivity index (χ0) is 22.1. The van der Waals surface area contributed by atoms with E-state index in [9.17, 15) is 19.1 Å². The first-order valence-electron chi connectivity index (χ1n) is 9.38. The fourth-order valence-corrected chi connectivity index (χ4v) is 3.86. The number of methoxy groups -OCH3 is 1. The number of carbonyl (C=O) groups is 2. The van der Waals surface area contributed by atoms with Crippen molar-refractivity contribution < 1.29 is 23.8 Å². The van der Waals surface area contributed by atoms with Crippen LogP contribution in [0.15, 0.2) is 82.8 Å². The molecule has 1 amide bonds. The number of aliphatic hydroxyl groups is 1. The van der Waals surface area contributed by atoms with E-state index in [2.05, 4.69) is 15.9 Å². The maximum Gasteiger partial charge on any atom is 0.300 e. The summed E-state index contributed by atoms with van der Waals surface area (Å²) in [6.07, 6.45) is 0. The fourth-order valence-electron chi connectivity index (χ4n) is 3.60. The largest absolute Gasteiger partial charge is 0.507 e. The number of aliphatic hydroxyl groups excluding tert-OH is 1. The second-order valence-corrected chi connectivity index (χ2v) is 7.81. The summed E-state index contributed by atoms with van der Waals surface area (Å²) < 4.78 is 20.8. The van der Waals surface area contributed by atoms with Gasteiger partial charge in [-0.25, -0.2) is 4.39 Å². The molecular formula is C24H17BrFNO4. The number of hydrogen-bond donors (Lipinski definition) is 1. The summed E-state index contributed by atoms with van der Waals surface area (Å²) in [5.74, 6) is -2.12. The van der Waals surface area contributed by atoms with Gasteiger partial charge in [-0.1, -0.05) is 46.3 Å². The molecular weight excluding hydrogens is 465 g/mol. The number of anilines is 1. The Morgan fingerprint density at radius 2 is 1.65 bits per heavy atom. The third kappa shape index (κ3) is 3.72. The number of hydrogen-bond acceptors (Lipinski definition) is 4. The lowest BCUT2D eigenvalue weighted by Crippen LogP contribution is -2.29. The van der Waals surface area contributed by atoms with Gasteiger partial charge in [0.05, 0.1) is 18.7 Å². The maximum absolute atomic E-state index is 14.8. The first-order chi connectivity index (χ1) is 14.9. The highest BCUT2D eigenvalue weighted by Crippen LogP contribution is 2.43. The van der Waals surface area contributed by atoms with E-state index in [-0.39, 0.29) is 16.9 Å². The Kier molecular flexibility index (Phi) is 5.61. The number of Topliss-reactive ketones (excluding diaryl/α,β-unsaturated/α-hetero) is 1. The topological polar surface area (TPSA) is 66.8 Å². The molecule has 0 aliphatic carbocycles. The van der Waals surface area contributed by atoms with Crippen LogP contribution >= 0.6 is 15.9 Å². The molecule has 0 saturated carbocycles. The molecule has 0 spiro atoms. The molecule has 5 nitrogen and oxygen atoms in total. The zero-order valence-electron chi connectivity index (χ0n) is 16.4. The van der Waals surface area contributed by atoms with Crippen molar-refractivity contribution in [1.29, 1.82) is 0 Å². The van der Waals surface area contributed by atoms with Gasteiger partial charge in [-0.3, -0.25) is 14.5 Å². The van der Waals surface area contributed by atoms with Gasteiger partial charge in [0, 0.05) is 21.3 Å². The van der Waals surface area contributed by atoms with Crippen molar-refractivity contribution in [2.75, 3.05) is 12.0 Å². The molecule has 4 rings (SSSR count). The van der Waals surface area contributed by atoms with E-state index in [0.717, 1.165) is 4.47 Å². The third-order valence-corrected chi connectivity index (χ3v) is 5.64. The van der Waals surface area contributed by atoms with Gasteiger partial charge in [-0.05, 0) is 42.5 Å². The van der Waals surface area contributed by atoms with Crippen molar-refractivity contribution in [3.05, 3.63) is 99.8 Å². The first-order valence-corrected chi connectivity index (χ1v) is 10.2. The van der Waals surface area contributed by atoms with Gasteiger partial charge in [0.15, 0.2) is 0 Å². The Morgan fingerprint density at radius 3 is 2.26 bits per heavy atom. The number of nitrogens with zero attached hydrogens (tertiary/aromatic N) is 1. The minimum atomic E-state index is -1.13. The van der Waals surface area contributed by atoms with Crippen LogP contribution in [0.3, 0.4) is 0 Å². The molecule has 1 atom stereocenters. The normalized spacial score (nSPS) is 17.8. The molecule has 0 bridgehead atoms. The predicted molar refractivity (Wildman–Crippen MR) is 118 cm³/mol. The second kappa shape index (κ2) is 8.35. The molecule has 0 aromatic heterocycles. The minimum Gasteiger partial charge on any atom is -0.507 e. The lowest BCUT2D eigenvalue weighted by molar-refractivity contribution is -0.132. The molecule has 1 saturated heterocycles. The van der Waals surface area contributed by atoms with E-state index >= 15 is 0 Å². The van der Waals surface area contributed by atoms with Crippen LogP contribution in [0, 0.1) is 5.82 Å². The van der Waals surface area contributed by atoms with Crippen molar-refractivity contribution in [2.24, 2.45) is 0 Å². The molecule has 0 radical (unpaired) electrons. The van der Waals surface area contributed by atoms with Gasteiger partial charge in [-0.15, -0.1) is 0 Å². The van der Waals surface area contributed by atoms with E-state index in [0.29, 0.717) is 17.0 Å². The highest BCUT2D eigenvalue weighted by molar-refractivity contribution is 9.10. The molecule has 3 aromatic carbocycles. The molecule has 7 heteroatoms. The van der Waals surface area contributed by atoms with E-state index in [1.165, 1.54) is 30.2 Å². The van der Waals surface area contributed by atoms with Crippen LogP contribution in [0.1, 0.15) is 17.2 Å². The molecule has 1 N–H and O–H groups in total. The molecule has 1 unspecified atom stereocenters. The lowest BCUT2D eigenvalue weighted by atomic mass is 9.94. The number of halogens is 2. The Labute approximate surface area is 186 Å². The number of carbonyl (C=O) groups excluding carboxylic acids is 2. The summed E-state index contributed by atoms with van der Waals surface area (Å²) in [6, 6.07) is 17.9. The smallest absolute Gasteiger partial charge is 0.300 e. The molecule has 3 aromatic rings. The van der Waals surface area contributed by atoms with E-state index in [1.807, 2.05) is 0 Å². The van der Waals surface area contributed by atoms with Crippen molar-refractivity contribution in [3.8, 4) is 5.75 Å². The molecule has 1 aliphatic heterocycles. The van der Waals surface area contributed by atoms with Crippen molar-refractivity contribution in [1.82, 2.24) is 0 Å². The van der Waals surface area contributed by atoms with E-state index in [1.54, 1.807) is 54.6 Å². The van der Waals surface area contributed by atoms with E-state index in [4.69, 9.17) is 4.74 Å². The number of ether oxygens (including phenoxy) is 1. The number of amides is 1. The summed E-state index contributed by atoms with van der Waals surface area (Å²) in [7, 11) is 1.51. The maximum atomic E-state index is 14.8. The summed E-state index contributed by atoms with van der Waals surface area (Å²) >= 11 is 3.32. The van der Waals surface area contributed by atoms with Crippen molar-refractivity contribution in [2.45, 2.75) is 6.04 Å². The van der Waals surface area contributed by atoms with Crippen LogP contribution in [0.2, 0.25) is 0 Å². The van der Waals surface area contributed by atoms with Gasteiger partial charge in [0.1, 0.15) is 17.3 Å². The van der Waals surface area contributed by atoms with Crippen LogP contribution in [-0.2, 0) is 9.59 Å². The highest BCUT2D eigenvalue weighted by atomic mass is 79.9. The van der Waals surface area contributed by atoms with Gasteiger partial charge < -0.3 is 9.84 Å². The Balaban J connectivity index is 1.94. The summed E-state index contributed by atoms with van der Waals surface area (Å²) in [5, 5.41) is 11.0. The first kappa shape index (κ1) is 20.8. The van der Waals surface area contributed by atoms with Crippen LogP contribution < -0.4 is 9.64 Å². The molecule has 1 aliphatic rings. The fraction of sp³-hybridized carbons (Fsp3) is 0.0833. The Hall–Kier alpha value is -3.45.